The van der Waals surface area contributed by atoms with Crippen LogP contribution in [-0.2, 0) is 0 Å². The second kappa shape index (κ2) is 6.14. The van der Waals surface area contributed by atoms with Crippen LogP contribution in [0.3, 0.4) is 0 Å². The predicted molar refractivity (Wildman–Crippen MR) is 94.4 cm³/mol. The summed E-state index contributed by atoms with van der Waals surface area (Å²) in [5, 5.41) is 12.2. The largest absolute Gasteiger partial charge is 0.478 e. The zero-order chi connectivity index (χ0) is 18.1. The summed E-state index contributed by atoms with van der Waals surface area (Å²) in [6, 6.07) is 5.86. The third-order valence-corrected chi connectivity index (χ3v) is 3.92. The molecule has 0 aliphatic carbocycles. The fourth-order valence-corrected chi connectivity index (χ4v) is 2.64. The maximum atomic E-state index is 12.8. The number of fused-ring (bicyclic) bond motifs is 1. The highest BCUT2D eigenvalue weighted by atomic mass is 16.4. The minimum Gasteiger partial charge on any atom is -0.478 e. The highest BCUT2D eigenvalue weighted by Crippen LogP contribution is 2.15. The lowest BCUT2D eigenvalue weighted by molar-refractivity contribution is 0.0697. The number of aromatic amines is 2. The van der Waals surface area contributed by atoms with Crippen molar-refractivity contribution in [3.05, 3.63) is 73.5 Å². The van der Waals surface area contributed by atoms with Gasteiger partial charge >= 0.3 is 5.97 Å². The fourth-order valence-electron chi connectivity index (χ4n) is 2.64. The van der Waals surface area contributed by atoms with Crippen molar-refractivity contribution in [3.8, 4) is 5.69 Å². The van der Waals surface area contributed by atoms with Crippen molar-refractivity contribution in [3.63, 3.8) is 0 Å². The Morgan fingerprint density at radius 3 is 2.52 bits per heavy atom. The number of rotatable bonds is 3. The van der Waals surface area contributed by atoms with Gasteiger partial charge in [0, 0.05) is 0 Å². The highest BCUT2D eigenvalue weighted by Gasteiger charge is 2.15. The maximum Gasteiger partial charge on any atom is 0.335 e. The lowest BCUT2D eigenvalue weighted by Gasteiger charge is -2.01. The number of hydrogen-bond donors (Lipinski definition) is 3. The van der Waals surface area contributed by atoms with Crippen molar-refractivity contribution in [2.24, 2.45) is 0 Å². The Hall–Kier alpha value is -3.57. The van der Waals surface area contributed by atoms with E-state index in [9.17, 15) is 14.4 Å². The van der Waals surface area contributed by atoms with E-state index in [-0.39, 0.29) is 16.7 Å². The van der Waals surface area contributed by atoms with E-state index in [0.717, 1.165) is 0 Å². The molecule has 2 aromatic heterocycles. The number of benzene rings is 1. The topological polar surface area (TPSA) is 108 Å². The van der Waals surface area contributed by atoms with Gasteiger partial charge in [-0.15, -0.1) is 5.73 Å². The molecule has 3 N–H and O–H groups in total. The molecule has 0 aliphatic heterocycles. The van der Waals surface area contributed by atoms with Crippen molar-refractivity contribution < 1.29 is 9.90 Å². The van der Waals surface area contributed by atoms with E-state index >= 15 is 0 Å². The first-order chi connectivity index (χ1) is 11.9. The monoisotopic (exact) mass is 337 g/mol. The summed E-state index contributed by atoms with van der Waals surface area (Å²) in [5.41, 5.74) is 4.01. The first-order valence-corrected chi connectivity index (χ1v) is 7.52. The number of nitrogens with zero attached hydrogens (tertiary/aromatic N) is 1. The van der Waals surface area contributed by atoms with Gasteiger partial charge in [-0.2, -0.15) is 0 Å². The van der Waals surface area contributed by atoms with Crippen LogP contribution in [0.5, 0.6) is 0 Å². The van der Waals surface area contributed by atoms with Crippen LogP contribution in [0.2, 0.25) is 0 Å². The first kappa shape index (κ1) is 16.3. The van der Waals surface area contributed by atoms with E-state index in [1.54, 1.807) is 19.9 Å². The molecule has 0 amide bonds. The van der Waals surface area contributed by atoms with Gasteiger partial charge in [-0.05, 0) is 55.8 Å². The summed E-state index contributed by atoms with van der Waals surface area (Å²) in [6.45, 7) is 3.48. The minimum absolute atomic E-state index is 0.122. The molecule has 0 aliphatic rings. The molecular formula is C18H15N3O4. The molecule has 25 heavy (non-hydrogen) atoms. The van der Waals surface area contributed by atoms with Crippen molar-refractivity contribution in [2.75, 3.05) is 0 Å². The van der Waals surface area contributed by atoms with Crippen LogP contribution in [-0.4, -0.2) is 25.8 Å². The summed E-state index contributed by atoms with van der Waals surface area (Å²) in [7, 11) is 0. The number of aryl methyl sites for hydroxylation is 1. The van der Waals surface area contributed by atoms with Crippen LogP contribution in [0, 0.1) is 6.92 Å². The van der Waals surface area contributed by atoms with Crippen molar-refractivity contribution in [2.45, 2.75) is 13.8 Å². The number of aromatic nitrogens is 3. The maximum absolute atomic E-state index is 12.8. The van der Waals surface area contributed by atoms with Gasteiger partial charge in [-0.25, -0.2) is 9.48 Å². The van der Waals surface area contributed by atoms with Gasteiger partial charge in [-0.1, -0.05) is 0 Å². The van der Waals surface area contributed by atoms with Gasteiger partial charge in [0.05, 0.1) is 22.2 Å². The lowest BCUT2D eigenvalue weighted by atomic mass is 10.1. The second-order valence-corrected chi connectivity index (χ2v) is 5.45. The van der Waals surface area contributed by atoms with Crippen LogP contribution >= 0.6 is 0 Å². The second-order valence-electron chi connectivity index (χ2n) is 5.45. The quantitative estimate of drug-likeness (QED) is 0.637. The molecule has 0 radical (unpaired) electrons. The number of carboxylic acids is 1. The summed E-state index contributed by atoms with van der Waals surface area (Å²) in [4.78, 5) is 38.5. The first-order valence-electron chi connectivity index (χ1n) is 7.52. The van der Waals surface area contributed by atoms with E-state index in [4.69, 9.17) is 5.11 Å². The standard InChI is InChI=1S/C18H15N3O4/c1-3-4-5-13-10(2)14-15(19-16(13)22)20-21(17(14)23)12-8-6-11(7-9-12)18(24)25/h3,5-9H,1-2H3,(H,24,25)(H2,19,20,22). The fraction of sp³-hybridized carbons (Fsp3) is 0.111. The third-order valence-electron chi connectivity index (χ3n) is 3.92. The summed E-state index contributed by atoms with van der Waals surface area (Å²) < 4.78 is 1.27. The lowest BCUT2D eigenvalue weighted by Crippen LogP contribution is -2.16. The number of aromatic carboxylic acids is 1. The molecule has 7 nitrogen and oxygen atoms in total. The van der Waals surface area contributed by atoms with Crippen LogP contribution < -0.4 is 11.1 Å². The molecule has 1 aromatic carbocycles. The summed E-state index contributed by atoms with van der Waals surface area (Å²) in [5.74, 6) is -1.05. The minimum atomic E-state index is -1.05. The number of carboxylic acid groups (broad SMARTS) is 1. The van der Waals surface area contributed by atoms with Crippen molar-refractivity contribution in [1.29, 1.82) is 0 Å². The predicted octanol–water partition coefficient (Wildman–Crippen LogP) is 2.20. The number of allylic oxidation sites excluding steroid dienone is 1. The molecule has 0 saturated carbocycles. The Balaban J connectivity index is 2.26. The van der Waals surface area contributed by atoms with E-state index in [2.05, 4.69) is 15.8 Å². The Morgan fingerprint density at radius 2 is 1.92 bits per heavy atom. The van der Waals surface area contributed by atoms with Gasteiger partial charge in [0.2, 0.25) is 0 Å². The van der Waals surface area contributed by atoms with E-state index in [1.165, 1.54) is 35.0 Å². The number of nitrogens with one attached hydrogen (secondary N) is 2. The molecule has 0 unspecified atom stereocenters. The van der Waals surface area contributed by atoms with Crippen molar-refractivity contribution >= 4 is 23.1 Å². The van der Waals surface area contributed by atoms with Crippen molar-refractivity contribution in [1.82, 2.24) is 14.8 Å². The zero-order valence-corrected chi connectivity index (χ0v) is 13.6. The van der Waals surface area contributed by atoms with E-state index in [0.29, 0.717) is 27.8 Å². The molecule has 0 saturated heterocycles. The van der Waals surface area contributed by atoms with Crippen LogP contribution in [0.15, 0.2) is 45.7 Å². The van der Waals surface area contributed by atoms with Crippen LogP contribution in [0.25, 0.3) is 22.8 Å². The Labute approximate surface area is 141 Å². The summed E-state index contributed by atoms with van der Waals surface area (Å²) in [6.07, 6.45) is 3.20. The van der Waals surface area contributed by atoms with E-state index < -0.39 is 5.97 Å². The molecular weight excluding hydrogens is 322 g/mol. The SMILES string of the molecule is CC=C=Cc1c(C)c2c(=O)n(-c3ccc(C(=O)O)cc3)[nH]c2[nH]c1=O. The Morgan fingerprint density at radius 1 is 1.24 bits per heavy atom. The van der Waals surface area contributed by atoms with Gasteiger partial charge in [0.15, 0.2) is 0 Å². The molecule has 7 heteroatoms. The van der Waals surface area contributed by atoms with Crippen LogP contribution in [0.1, 0.15) is 28.4 Å². The molecule has 0 bridgehead atoms. The molecule has 0 atom stereocenters. The Kier molecular flexibility index (Phi) is 4.00. The van der Waals surface area contributed by atoms with Gasteiger partial charge < -0.3 is 10.1 Å². The summed E-state index contributed by atoms with van der Waals surface area (Å²) >= 11 is 0. The molecule has 0 fully saturated rings. The number of pyridine rings is 1. The molecule has 3 aromatic rings. The third kappa shape index (κ3) is 2.73. The van der Waals surface area contributed by atoms with Gasteiger partial charge in [0.1, 0.15) is 5.65 Å². The zero-order valence-electron chi connectivity index (χ0n) is 13.6. The van der Waals surface area contributed by atoms with Gasteiger partial charge in [0.25, 0.3) is 11.1 Å². The smallest absolute Gasteiger partial charge is 0.335 e. The molecule has 3 rings (SSSR count). The number of H-pyrrole nitrogens is 2. The average molecular weight is 337 g/mol. The normalized spacial score (nSPS) is 10.5. The Bertz CT molecular complexity index is 1150. The van der Waals surface area contributed by atoms with E-state index in [1.807, 2.05) is 0 Å². The van der Waals surface area contributed by atoms with Crippen LogP contribution in [0.4, 0.5) is 0 Å². The van der Waals surface area contributed by atoms with Gasteiger partial charge in [-0.3, -0.25) is 14.7 Å². The molecule has 2 heterocycles. The average Bonchev–Trinajstić information content (AvgIpc) is 2.91. The molecule has 126 valence electrons. The highest BCUT2D eigenvalue weighted by molar-refractivity contribution is 5.88. The molecule has 0 spiro atoms. The number of carbonyl (C=O) groups is 1. The number of hydrogen-bond acceptors (Lipinski definition) is 3.